The molecular formula is C15H20N2O3. The molecule has 0 radical (unpaired) electrons. The molecule has 0 aromatic heterocycles. The zero-order valence-electron chi connectivity index (χ0n) is 11.7. The number of piperazine rings is 1. The van der Waals surface area contributed by atoms with Gasteiger partial charge in [0.1, 0.15) is 6.61 Å². The van der Waals surface area contributed by atoms with Crippen LogP contribution in [0.5, 0.6) is 11.5 Å². The maximum absolute atomic E-state index is 12.5. The Balaban J connectivity index is 1.62. The van der Waals surface area contributed by atoms with Crippen molar-refractivity contribution < 1.29 is 14.3 Å². The minimum Gasteiger partial charge on any atom is -0.485 e. The highest BCUT2D eigenvalue weighted by Crippen LogP contribution is 2.31. The first-order valence-electron chi connectivity index (χ1n) is 7.17. The van der Waals surface area contributed by atoms with Gasteiger partial charge in [0.2, 0.25) is 6.10 Å². The van der Waals surface area contributed by atoms with Crippen molar-refractivity contribution in [2.75, 3.05) is 39.3 Å². The van der Waals surface area contributed by atoms with Gasteiger partial charge in [0.25, 0.3) is 5.91 Å². The number of hydrogen-bond donors (Lipinski definition) is 0. The summed E-state index contributed by atoms with van der Waals surface area (Å²) in [6.07, 6.45) is -0.516. The van der Waals surface area contributed by atoms with Crippen LogP contribution < -0.4 is 9.47 Å². The van der Waals surface area contributed by atoms with E-state index in [0.717, 1.165) is 32.7 Å². The Morgan fingerprint density at radius 1 is 1.20 bits per heavy atom. The monoisotopic (exact) mass is 276 g/mol. The molecule has 1 fully saturated rings. The average molecular weight is 276 g/mol. The zero-order chi connectivity index (χ0) is 13.9. The molecule has 0 unspecified atom stereocenters. The lowest BCUT2D eigenvalue weighted by atomic mass is 10.2. The molecular weight excluding hydrogens is 256 g/mol. The highest BCUT2D eigenvalue weighted by molar-refractivity contribution is 5.82. The van der Waals surface area contributed by atoms with Gasteiger partial charge in [0.15, 0.2) is 11.5 Å². The molecule has 108 valence electrons. The molecule has 0 saturated carbocycles. The van der Waals surface area contributed by atoms with Gasteiger partial charge in [-0.05, 0) is 18.7 Å². The third-order valence-electron chi connectivity index (χ3n) is 3.92. The van der Waals surface area contributed by atoms with E-state index in [1.54, 1.807) is 0 Å². The van der Waals surface area contributed by atoms with Crippen LogP contribution in [0, 0.1) is 0 Å². The van der Waals surface area contributed by atoms with Gasteiger partial charge in [-0.3, -0.25) is 4.79 Å². The predicted octanol–water partition coefficient (Wildman–Crippen LogP) is 0.990. The largest absolute Gasteiger partial charge is 0.485 e. The molecule has 1 saturated heterocycles. The number of benzene rings is 1. The van der Waals surface area contributed by atoms with Crippen molar-refractivity contribution in [3.05, 3.63) is 24.3 Å². The van der Waals surface area contributed by atoms with Gasteiger partial charge in [0.05, 0.1) is 0 Å². The Hall–Kier alpha value is -1.75. The van der Waals surface area contributed by atoms with Crippen LogP contribution in [-0.4, -0.2) is 61.1 Å². The van der Waals surface area contributed by atoms with E-state index < -0.39 is 6.10 Å². The first kappa shape index (κ1) is 13.2. The van der Waals surface area contributed by atoms with Crippen LogP contribution in [0.1, 0.15) is 6.92 Å². The second kappa shape index (κ2) is 5.71. The van der Waals surface area contributed by atoms with Gasteiger partial charge in [-0.2, -0.15) is 0 Å². The van der Waals surface area contributed by atoms with Crippen molar-refractivity contribution in [3.8, 4) is 11.5 Å². The Morgan fingerprint density at radius 3 is 2.60 bits per heavy atom. The number of carbonyl (C=O) groups excluding carboxylic acids is 1. The fourth-order valence-corrected chi connectivity index (χ4v) is 2.63. The highest BCUT2D eigenvalue weighted by atomic mass is 16.6. The molecule has 1 aromatic rings. The summed E-state index contributed by atoms with van der Waals surface area (Å²) in [7, 11) is 0. The molecule has 1 aromatic carbocycles. The third-order valence-corrected chi connectivity index (χ3v) is 3.92. The summed E-state index contributed by atoms with van der Waals surface area (Å²) in [5.41, 5.74) is 0. The van der Waals surface area contributed by atoms with E-state index >= 15 is 0 Å². The first-order valence-corrected chi connectivity index (χ1v) is 7.17. The number of fused-ring (bicyclic) bond motifs is 1. The van der Waals surface area contributed by atoms with Crippen LogP contribution in [0.3, 0.4) is 0 Å². The minimum atomic E-state index is -0.516. The second-order valence-electron chi connectivity index (χ2n) is 5.12. The van der Waals surface area contributed by atoms with Gasteiger partial charge >= 0.3 is 0 Å². The first-order chi connectivity index (χ1) is 9.78. The van der Waals surface area contributed by atoms with E-state index in [-0.39, 0.29) is 5.91 Å². The molecule has 5 nitrogen and oxygen atoms in total. The van der Waals surface area contributed by atoms with E-state index in [4.69, 9.17) is 9.47 Å². The second-order valence-corrected chi connectivity index (χ2v) is 5.12. The van der Waals surface area contributed by atoms with Crippen molar-refractivity contribution in [3.63, 3.8) is 0 Å². The Morgan fingerprint density at radius 2 is 1.90 bits per heavy atom. The van der Waals surface area contributed by atoms with E-state index in [2.05, 4.69) is 11.8 Å². The van der Waals surface area contributed by atoms with Crippen LogP contribution in [0.15, 0.2) is 24.3 Å². The maximum atomic E-state index is 12.5. The van der Waals surface area contributed by atoms with Crippen LogP contribution in [0.4, 0.5) is 0 Å². The molecule has 0 spiro atoms. The van der Waals surface area contributed by atoms with Gasteiger partial charge < -0.3 is 19.3 Å². The van der Waals surface area contributed by atoms with Crippen molar-refractivity contribution in [2.24, 2.45) is 0 Å². The van der Waals surface area contributed by atoms with Gasteiger partial charge in [0, 0.05) is 26.2 Å². The molecule has 2 aliphatic heterocycles. The molecule has 1 amide bonds. The van der Waals surface area contributed by atoms with E-state index in [9.17, 15) is 4.79 Å². The molecule has 0 aliphatic carbocycles. The van der Waals surface area contributed by atoms with E-state index in [1.807, 2.05) is 29.2 Å². The lowest BCUT2D eigenvalue weighted by Gasteiger charge is -2.36. The Kier molecular flexibility index (Phi) is 3.78. The Bertz CT molecular complexity index is 484. The topological polar surface area (TPSA) is 42.0 Å². The number of nitrogens with zero attached hydrogens (tertiary/aromatic N) is 2. The van der Waals surface area contributed by atoms with Crippen LogP contribution in [-0.2, 0) is 4.79 Å². The summed E-state index contributed by atoms with van der Waals surface area (Å²) in [4.78, 5) is 16.7. The number of likely N-dealkylation sites (N-methyl/N-ethyl adjacent to an activating group) is 1. The molecule has 5 heteroatoms. The lowest BCUT2D eigenvalue weighted by Crippen LogP contribution is -2.53. The normalized spacial score (nSPS) is 22.6. The van der Waals surface area contributed by atoms with E-state index in [1.165, 1.54) is 0 Å². The summed E-state index contributed by atoms with van der Waals surface area (Å²) >= 11 is 0. The number of hydrogen-bond acceptors (Lipinski definition) is 4. The number of ether oxygens (including phenoxy) is 2. The van der Waals surface area contributed by atoms with Crippen LogP contribution >= 0.6 is 0 Å². The predicted molar refractivity (Wildman–Crippen MR) is 75.0 cm³/mol. The number of rotatable bonds is 2. The number of para-hydroxylation sites is 2. The summed E-state index contributed by atoms with van der Waals surface area (Å²) in [6.45, 7) is 6.90. The van der Waals surface area contributed by atoms with Crippen molar-refractivity contribution in [1.29, 1.82) is 0 Å². The van der Waals surface area contributed by atoms with Crippen molar-refractivity contribution >= 4 is 5.91 Å². The molecule has 0 bridgehead atoms. The van der Waals surface area contributed by atoms with Gasteiger partial charge in [-0.25, -0.2) is 0 Å². The summed E-state index contributed by atoms with van der Waals surface area (Å²) in [5, 5.41) is 0. The third kappa shape index (κ3) is 2.58. The molecule has 3 rings (SSSR count). The average Bonchev–Trinajstić information content (AvgIpc) is 2.54. The fraction of sp³-hybridized carbons (Fsp3) is 0.533. The maximum Gasteiger partial charge on any atom is 0.267 e. The van der Waals surface area contributed by atoms with Crippen molar-refractivity contribution in [2.45, 2.75) is 13.0 Å². The smallest absolute Gasteiger partial charge is 0.267 e. The standard InChI is InChI=1S/C15H20N2O3/c1-2-16-7-9-17(10-8-16)15(18)14-11-19-12-5-3-4-6-13(12)20-14/h3-6,14H,2,7-11H2,1H3/t14-/m0/s1. The number of amides is 1. The van der Waals surface area contributed by atoms with Crippen molar-refractivity contribution in [1.82, 2.24) is 9.80 Å². The summed E-state index contributed by atoms with van der Waals surface area (Å²) < 4.78 is 11.4. The number of carbonyl (C=O) groups is 1. The quantitative estimate of drug-likeness (QED) is 0.808. The summed E-state index contributed by atoms with van der Waals surface area (Å²) in [5.74, 6) is 1.41. The SMILES string of the molecule is CCN1CCN(C(=O)[C@@H]2COc3ccccc3O2)CC1. The van der Waals surface area contributed by atoms with Crippen LogP contribution in [0.25, 0.3) is 0 Å². The molecule has 20 heavy (non-hydrogen) atoms. The summed E-state index contributed by atoms with van der Waals surface area (Å²) in [6, 6.07) is 7.48. The zero-order valence-corrected chi connectivity index (χ0v) is 11.7. The minimum absolute atomic E-state index is 0.0373. The Labute approximate surface area is 119 Å². The lowest BCUT2D eigenvalue weighted by molar-refractivity contribution is -0.142. The highest BCUT2D eigenvalue weighted by Gasteiger charge is 2.32. The molecule has 2 aliphatic rings. The van der Waals surface area contributed by atoms with Crippen LogP contribution in [0.2, 0.25) is 0 Å². The molecule has 2 heterocycles. The molecule has 0 N–H and O–H groups in total. The van der Waals surface area contributed by atoms with Gasteiger partial charge in [-0.15, -0.1) is 0 Å². The van der Waals surface area contributed by atoms with E-state index in [0.29, 0.717) is 18.1 Å². The fourth-order valence-electron chi connectivity index (χ4n) is 2.63. The van der Waals surface area contributed by atoms with Gasteiger partial charge in [-0.1, -0.05) is 19.1 Å². The molecule has 1 atom stereocenters.